The van der Waals surface area contributed by atoms with Crippen LogP contribution in [0.5, 0.6) is 17.4 Å². The van der Waals surface area contributed by atoms with Crippen LogP contribution in [0, 0.1) is 12.8 Å². The van der Waals surface area contributed by atoms with E-state index in [0.29, 0.717) is 23.3 Å². The summed E-state index contributed by atoms with van der Waals surface area (Å²) in [6, 6.07) is 7.78. The van der Waals surface area contributed by atoms with Crippen LogP contribution in [-0.2, 0) is 7.05 Å². The number of aromatic nitrogens is 3. The Balaban J connectivity index is 1.79. The molecular formula is C22H28N4O3. The maximum Gasteiger partial charge on any atom is 0.241 e. The van der Waals surface area contributed by atoms with Crippen LogP contribution in [0.3, 0.4) is 0 Å². The summed E-state index contributed by atoms with van der Waals surface area (Å²) in [5.41, 5.74) is 3.51. The van der Waals surface area contributed by atoms with Crippen LogP contribution in [0.15, 0.2) is 24.3 Å². The molecule has 0 bridgehead atoms. The summed E-state index contributed by atoms with van der Waals surface area (Å²) in [5.74, 6) is 3.37. The Kier molecular flexibility index (Phi) is 5.32. The van der Waals surface area contributed by atoms with E-state index in [1.54, 1.807) is 14.2 Å². The van der Waals surface area contributed by atoms with E-state index in [0.717, 1.165) is 47.6 Å². The Morgan fingerprint density at radius 3 is 2.62 bits per heavy atom. The number of fused-ring (bicyclic) bond motifs is 1. The average Bonchev–Trinajstić information content (AvgIpc) is 3.36. The van der Waals surface area contributed by atoms with Crippen LogP contribution >= 0.6 is 0 Å². The standard InChI is InChI=1S/C22H28N4O3/c1-13(16-8-9-23-12-16)29-22-21-18(24-14(2)26(21)3)11-17(25-22)15-6-7-19(27-4)20(10-15)28-5/h6-7,10-11,13,16,23H,8-9,12H2,1-5H3/t13-,16-/m1/s1. The maximum atomic E-state index is 6.40. The van der Waals surface area contributed by atoms with Crippen LogP contribution in [0.4, 0.5) is 0 Å². The Labute approximate surface area is 171 Å². The van der Waals surface area contributed by atoms with Crippen molar-refractivity contribution in [1.29, 1.82) is 0 Å². The number of ether oxygens (including phenoxy) is 3. The highest BCUT2D eigenvalue weighted by atomic mass is 16.5. The smallest absolute Gasteiger partial charge is 0.241 e. The van der Waals surface area contributed by atoms with Crippen LogP contribution in [-0.4, -0.2) is 47.9 Å². The van der Waals surface area contributed by atoms with Crippen LogP contribution < -0.4 is 19.5 Å². The molecule has 29 heavy (non-hydrogen) atoms. The molecule has 1 aromatic carbocycles. The van der Waals surface area contributed by atoms with Gasteiger partial charge < -0.3 is 24.1 Å². The van der Waals surface area contributed by atoms with Gasteiger partial charge in [0.1, 0.15) is 17.4 Å². The van der Waals surface area contributed by atoms with Crippen molar-refractivity contribution in [3.63, 3.8) is 0 Å². The lowest BCUT2D eigenvalue weighted by atomic mass is 10.0. The molecule has 1 fully saturated rings. The van der Waals surface area contributed by atoms with E-state index in [1.165, 1.54) is 0 Å². The van der Waals surface area contributed by atoms with E-state index in [4.69, 9.17) is 24.2 Å². The second-order valence-corrected chi connectivity index (χ2v) is 7.54. The van der Waals surface area contributed by atoms with E-state index in [-0.39, 0.29) is 6.10 Å². The summed E-state index contributed by atoms with van der Waals surface area (Å²) in [4.78, 5) is 9.60. The number of nitrogens with zero attached hydrogens (tertiary/aromatic N) is 3. The third kappa shape index (κ3) is 3.62. The molecule has 4 rings (SSSR count). The van der Waals surface area contributed by atoms with E-state index in [9.17, 15) is 0 Å². The van der Waals surface area contributed by atoms with Gasteiger partial charge in [0, 0.05) is 25.1 Å². The Morgan fingerprint density at radius 1 is 1.14 bits per heavy atom. The van der Waals surface area contributed by atoms with E-state index in [2.05, 4.69) is 12.2 Å². The summed E-state index contributed by atoms with van der Waals surface area (Å²) in [5, 5.41) is 3.41. The van der Waals surface area contributed by atoms with Crippen molar-refractivity contribution in [1.82, 2.24) is 19.9 Å². The number of methoxy groups -OCH3 is 2. The number of hydrogen-bond acceptors (Lipinski definition) is 6. The highest BCUT2D eigenvalue weighted by molar-refractivity contribution is 5.85. The number of benzene rings is 1. The summed E-state index contributed by atoms with van der Waals surface area (Å²) in [6.45, 7) is 6.13. The molecule has 1 aliphatic heterocycles. The summed E-state index contributed by atoms with van der Waals surface area (Å²) in [6.07, 6.45) is 1.18. The first-order chi connectivity index (χ1) is 14.0. The van der Waals surface area contributed by atoms with Crippen LogP contribution in [0.1, 0.15) is 19.2 Å². The first-order valence-electron chi connectivity index (χ1n) is 9.95. The number of hydrogen-bond donors (Lipinski definition) is 1. The Morgan fingerprint density at radius 2 is 1.93 bits per heavy atom. The SMILES string of the molecule is COc1ccc(-c2cc3nc(C)n(C)c3c(O[C@H](C)[C@@H]3CCNC3)n2)cc1OC. The molecule has 0 radical (unpaired) electrons. The average molecular weight is 396 g/mol. The molecule has 2 aromatic heterocycles. The Hall–Kier alpha value is -2.80. The van der Waals surface area contributed by atoms with Crippen molar-refractivity contribution in [3.8, 4) is 28.6 Å². The molecule has 1 N–H and O–H groups in total. The molecule has 0 saturated carbocycles. The van der Waals surface area contributed by atoms with Gasteiger partial charge >= 0.3 is 0 Å². The monoisotopic (exact) mass is 396 g/mol. The maximum absolute atomic E-state index is 6.40. The molecular weight excluding hydrogens is 368 g/mol. The highest BCUT2D eigenvalue weighted by Gasteiger charge is 2.25. The summed E-state index contributed by atoms with van der Waals surface area (Å²) < 4.78 is 19.3. The third-order valence-electron chi connectivity index (χ3n) is 5.78. The van der Waals surface area contributed by atoms with E-state index < -0.39 is 0 Å². The van der Waals surface area contributed by atoms with Gasteiger partial charge in [0.2, 0.25) is 5.88 Å². The van der Waals surface area contributed by atoms with Gasteiger partial charge in [-0.3, -0.25) is 0 Å². The molecule has 7 heteroatoms. The second-order valence-electron chi connectivity index (χ2n) is 7.54. The lowest BCUT2D eigenvalue weighted by molar-refractivity contribution is 0.156. The first kappa shape index (κ1) is 19.5. The number of rotatable bonds is 6. The zero-order chi connectivity index (χ0) is 20.5. The number of aryl methyl sites for hydroxylation is 2. The number of imidazole rings is 1. The van der Waals surface area contributed by atoms with E-state index in [1.807, 2.05) is 42.8 Å². The van der Waals surface area contributed by atoms with Crippen molar-refractivity contribution in [2.75, 3.05) is 27.3 Å². The van der Waals surface area contributed by atoms with Gasteiger partial charge in [-0.2, -0.15) is 0 Å². The number of pyridine rings is 1. The third-order valence-corrected chi connectivity index (χ3v) is 5.78. The largest absolute Gasteiger partial charge is 0.493 e. The van der Waals surface area contributed by atoms with Gasteiger partial charge in [-0.25, -0.2) is 9.97 Å². The van der Waals surface area contributed by atoms with Gasteiger partial charge in [0.25, 0.3) is 0 Å². The zero-order valence-corrected chi connectivity index (χ0v) is 17.7. The fourth-order valence-electron chi connectivity index (χ4n) is 3.89. The van der Waals surface area contributed by atoms with Gasteiger partial charge in [-0.15, -0.1) is 0 Å². The minimum Gasteiger partial charge on any atom is -0.493 e. The normalized spacial score (nSPS) is 17.5. The predicted molar refractivity (Wildman–Crippen MR) is 113 cm³/mol. The molecule has 0 unspecified atom stereocenters. The molecule has 1 saturated heterocycles. The molecule has 7 nitrogen and oxygen atoms in total. The molecule has 3 aromatic rings. The predicted octanol–water partition coefficient (Wildman–Crippen LogP) is 3.34. The van der Waals surface area contributed by atoms with Gasteiger partial charge in [0.05, 0.1) is 25.4 Å². The van der Waals surface area contributed by atoms with Crippen molar-refractivity contribution < 1.29 is 14.2 Å². The van der Waals surface area contributed by atoms with Gasteiger partial charge in [-0.1, -0.05) is 0 Å². The van der Waals surface area contributed by atoms with Crippen molar-refractivity contribution in [3.05, 3.63) is 30.1 Å². The summed E-state index contributed by atoms with van der Waals surface area (Å²) >= 11 is 0. The van der Waals surface area contributed by atoms with Gasteiger partial charge in [-0.05, 0) is 51.1 Å². The summed E-state index contributed by atoms with van der Waals surface area (Å²) in [7, 11) is 5.26. The molecule has 154 valence electrons. The lowest BCUT2D eigenvalue weighted by Gasteiger charge is -2.20. The Bertz CT molecular complexity index is 1020. The second kappa shape index (κ2) is 7.91. The first-order valence-corrected chi connectivity index (χ1v) is 9.95. The van der Waals surface area contributed by atoms with E-state index >= 15 is 0 Å². The minimum atomic E-state index is 0.0663. The quantitative estimate of drug-likeness (QED) is 0.689. The van der Waals surface area contributed by atoms with Crippen LogP contribution in [0.25, 0.3) is 22.3 Å². The molecule has 0 spiro atoms. The minimum absolute atomic E-state index is 0.0663. The van der Waals surface area contributed by atoms with Crippen molar-refractivity contribution >= 4 is 11.0 Å². The molecule has 0 amide bonds. The molecule has 3 heterocycles. The molecule has 2 atom stereocenters. The fourth-order valence-corrected chi connectivity index (χ4v) is 3.89. The van der Waals surface area contributed by atoms with Crippen molar-refractivity contribution in [2.45, 2.75) is 26.4 Å². The lowest BCUT2D eigenvalue weighted by Crippen LogP contribution is -2.26. The van der Waals surface area contributed by atoms with Crippen molar-refractivity contribution in [2.24, 2.45) is 13.0 Å². The fraction of sp³-hybridized carbons (Fsp3) is 0.455. The molecule has 0 aliphatic carbocycles. The van der Waals surface area contributed by atoms with Gasteiger partial charge in [0.15, 0.2) is 11.5 Å². The zero-order valence-electron chi connectivity index (χ0n) is 17.7. The highest BCUT2D eigenvalue weighted by Crippen LogP contribution is 2.35. The van der Waals surface area contributed by atoms with Crippen LogP contribution in [0.2, 0.25) is 0 Å². The molecule has 1 aliphatic rings. The number of nitrogens with one attached hydrogen (secondary N) is 1. The topological polar surface area (TPSA) is 70.4 Å².